The van der Waals surface area contributed by atoms with Crippen molar-refractivity contribution < 1.29 is 4.79 Å². The monoisotopic (exact) mass is 215 g/mol. The van der Waals surface area contributed by atoms with Gasteiger partial charge in [-0.3, -0.25) is 0 Å². The molecule has 2 heterocycles. The maximum Gasteiger partial charge on any atom is 0.128 e. The molecule has 1 aliphatic heterocycles. The average Bonchev–Trinajstić information content (AvgIpc) is 2.77. The molecule has 1 aliphatic rings. The van der Waals surface area contributed by atoms with E-state index in [9.17, 15) is 4.79 Å². The molecule has 0 radical (unpaired) electrons. The van der Waals surface area contributed by atoms with Crippen LogP contribution < -0.4 is 4.90 Å². The van der Waals surface area contributed by atoms with Gasteiger partial charge in [0.1, 0.15) is 18.2 Å². The molecule has 0 spiro atoms. The smallest absolute Gasteiger partial charge is 0.128 e. The lowest BCUT2D eigenvalue weighted by Gasteiger charge is -2.17. The Morgan fingerprint density at radius 2 is 2.50 bits per heavy atom. The third kappa shape index (κ3) is 1.89. The Kier molecular flexibility index (Phi) is 2.86. The molecule has 1 unspecified atom stereocenters. The van der Waals surface area contributed by atoms with Gasteiger partial charge < -0.3 is 9.69 Å². The third-order valence-electron chi connectivity index (χ3n) is 2.96. The Balaban J connectivity index is 2.20. The number of nitrogens with zero attached hydrogens (tertiary/aromatic N) is 3. The fraction of sp³-hybridized carbons (Fsp3) is 0.417. The van der Waals surface area contributed by atoms with Gasteiger partial charge in [-0.25, -0.2) is 4.98 Å². The molecule has 0 aliphatic carbocycles. The molecule has 0 amide bonds. The maximum absolute atomic E-state index is 10.7. The van der Waals surface area contributed by atoms with Crippen molar-refractivity contribution in [2.75, 3.05) is 18.0 Å². The number of carbonyl (C=O) groups excluding carboxylic acids is 1. The second-order valence-corrected chi connectivity index (χ2v) is 4.10. The molecule has 0 bridgehead atoms. The van der Waals surface area contributed by atoms with Crippen molar-refractivity contribution in [3.8, 4) is 6.07 Å². The Morgan fingerprint density at radius 3 is 3.06 bits per heavy atom. The summed E-state index contributed by atoms with van der Waals surface area (Å²) in [5.74, 6) is 0.985. The molecule has 4 heteroatoms. The average molecular weight is 215 g/mol. The number of hydrogen-bond acceptors (Lipinski definition) is 4. The van der Waals surface area contributed by atoms with Crippen LogP contribution in [0.3, 0.4) is 0 Å². The van der Waals surface area contributed by atoms with Crippen LogP contribution in [0.1, 0.15) is 17.5 Å². The van der Waals surface area contributed by atoms with E-state index < -0.39 is 0 Å². The number of rotatable bonds is 2. The van der Waals surface area contributed by atoms with Gasteiger partial charge in [0.2, 0.25) is 0 Å². The lowest BCUT2D eigenvalue weighted by molar-refractivity contribution is -0.110. The van der Waals surface area contributed by atoms with E-state index in [0.717, 1.165) is 37.2 Å². The van der Waals surface area contributed by atoms with Gasteiger partial charge in [-0.15, -0.1) is 0 Å². The first-order valence-corrected chi connectivity index (χ1v) is 5.31. The normalized spacial score (nSPS) is 19.5. The van der Waals surface area contributed by atoms with Crippen LogP contribution in [0.15, 0.2) is 12.3 Å². The summed E-state index contributed by atoms with van der Waals surface area (Å²) < 4.78 is 0. The number of pyridine rings is 1. The molecular weight excluding hydrogens is 202 g/mol. The van der Waals surface area contributed by atoms with Crippen molar-refractivity contribution >= 4 is 12.1 Å². The zero-order valence-electron chi connectivity index (χ0n) is 9.18. The molecule has 4 nitrogen and oxygen atoms in total. The molecule has 1 saturated heterocycles. The predicted octanol–water partition coefficient (Wildman–Crippen LogP) is 1.29. The Labute approximate surface area is 94.5 Å². The summed E-state index contributed by atoms with van der Waals surface area (Å²) in [7, 11) is 0. The first-order chi connectivity index (χ1) is 7.74. The topological polar surface area (TPSA) is 57.0 Å². The molecule has 1 atom stereocenters. The molecule has 82 valence electrons. The van der Waals surface area contributed by atoms with E-state index in [1.165, 1.54) is 0 Å². The molecule has 1 aromatic rings. The first kappa shape index (κ1) is 10.6. The van der Waals surface area contributed by atoms with E-state index in [2.05, 4.69) is 16.0 Å². The zero-order valence-corrected chi connectivity index (χ0v) is 9.18. The highest BCUT2D eigenvalue weighted by Crippen LogP contribution is 2.22. The minimum Gasteiger partial charge on any atom is -0.356 e. The maximum atomic E-state index is 10.7. The summed E-state index contributed by atoms with van der Waals surface area (Å²) in [5, 5.41) is 8.80. The van der Waals surface area contributed by atoms with Crippen molar-refractivity contribution in [2.24, 2.45) is 5.92 Å². The minimum atomic E-state index is 0.123. The summed E-state index contributed by atoms with van der Waals surface area (Å²) in [5.41, 5.74) is 1.54. The summed E-state index contributed by atoms with van der Waals surface area (Å²) in [6, 6.07) is 4.00. The number of hydrogen-bond donors (Lipinski definition) is 0. The van der Waals surface area contributed by atoms with Gasteiger partial charge in [0, 0.05) is 25.2 Å². The second-order valence-electron chi connectivity index (χ2n) is 4.10. The fourth-order valence-electron chi connectivity index (χ4n) is 1.94. The van der Waals surface area contributed by atoms with E-state index in [0.29, 0.717) is 5.56 Å². The summed E-state index contributed by atoms with van der Waals surface area (Å²) >= 11 is 0. The van der Waals surface area contributed by atoms with Crippen LogP contribution in [-0.2, 0) is 4.79 Å². The van der Waals surface area contributed by atoms with Crippen molar-refractivity contribution in [2.45, 2.75) is 13.3 Å². The molecule has 0 N–H and O–H groups in total. The van der Waals surface area contributed by atoms with Crippen LogP contribution >= 0.6 is 0 Å². The van der Waals surface area contributed by atoms with E-state index in [1.807, 2.05) is 13.0 Å². The van der Waals surface area contributed by atoms with Crippen LogP contribution in [0.25, 0.3) is 0 Å². The highest BCUT2D eigenvalue weighted by Gasteiger charge is 2.22. The van der Waals surface area contributed by atoms with Crippen LogP contribution in [0.4, 0.5) is 5.82 Å². The molecule has 1 fully saturated rings. The van der Waals surface area contributed by atoms with Crippen molar-refractivity contribution in [3.63, 3.8) is 0 Å². The van der Waals surface area contributed by atoms with Crippen molar-refractivity contribution in [3.05, 3.63) is 23.4 Å². The van der Waals surface area contributed by atoms with Crippen LogP contribution in [0.2, 0.25) is 0 Å². The summed E-state index contributed by atoms with van der Waals surface area (Å²) in [6.45, 7) is 3.50. The van der Waals surface area contributed by atoms with Crippen molar-refractivity contribution in [1.29, 1.82) is 5.26 Å². The Bertz CT molecular complexity index is 450. The standard InChI is InChI=1S/C12H13N3O/c1-9-4-12(14-6-11(9)5-13)15-3-2-10(7-15)8-16/h4,6,8,10H,2-3,7H2,1H3. The quantitative estimate of drug-likeness (QED) is 0.697. The minimum absolute atomic E-state index is 0.123. The number of aromatic nitrogens is 1. The lowest BCUT2D eigenvalue weighted by Crippen LogP contribution is -2.21. The second kappa shape index (κ2) is 4.31. The zero-order chi connectivity index (χ0) is 11.5. The largest absolute Gasteiger partial charge is 0.356 e. The molecular formula is C12H13N3O. The van der Waals surface area contributed by atoms with Gasteiger partial charge in [0.05, 0.1) is 5.56 Å². The lowest BCUT2D eigenvalue weighted by atomic mass is 10.1. The van der Waals surface area contributed by atoms with E-state index in [4.69, 9.17) is 5.26 Å². The molecule has 0 saturated carbocycles. The van der Waals surface area contributed by atoms with Gasteiger partial charge in [-0.2, -0.15) is 5.26 Å². The van der Waals surface area contributed by atoms with E-state index in [-0.39, 0.29) is 5.92 Å². The van der Waals surface area contributed by atoms with Crippen LogP contribution in [-0.4, -0.2) is 24.4 Å². The Morgan fingerprint density at radius 1 is 1.69 bits per heavy atom. The van der Waals surface area contributed by atoms with Gasteiger partial charge in [0.15, 0.2) is 0 Å². The number of aldehydes is 1. The molecule has 1 aromatic heterocycles. The van der Waals surface area contributed by atoms with Gasteiger partial charge >= 0.3 is 0 Å². The summed E-state index contributed by atoms with van der Waals surface area (Å²) in [6.07, 6.45) is 3.50. The molecule has 2 rings (SSSR count). The molecule has 16 heavy (non-hydrogen) atoms. The molecule has 0 aromatic carbocycles. The third-order valence-corrected chi connectivity index (χ3v) is 2.96. The fourth-order valence-corrected chi connectivity index (χ4v) is 1.94. The number of nitriles is 1. The first-order valence-electron chi connectivity index (χ1n) is 5.31. The van der Waals surface area contributed by atoms with Gasteiger partial charge in [-0.1, -0.05) is 0 Å². The van der Waals surface area contributed by atoms with Crippen LogP contribution in [0, 0.1) is 24.2 Å². The number of aryl methyl sites for hydroxylation is 1. The van der Waals surface area contributed by atoms with Crippen LogP contribution in [0.5, 0.6) is 0 Å². The van der Waals surface area contributed by atoms with E-state index in [1.54, 1.807) is 6.20 Å². The Hall–Kier alpha value is -1.89. The number of carbonyl (C=O) groups is 1. The predicted molar refractivity (Wildman–Crippen MR) is 60.1 cm³/mol. The van der Waals surface area contributed by atoms with Crippen molar-refractivity contribution in [1.82, 2.24) is 4.98 Å². The highest BCUT2D eigenvalue weighted by atomic mass is 16.1. The summed E-state index contributed by atoms with van der Waals surface area (Å²) in [4.78, 5) is 17.0. The van der Waals surface area contributed by atoms with Gasteiger partial charge in [-0.05, 0) is 25.0 Å². The van der Waals surface area contributed by atoms with E-state index >= 15 is 0 Å². The number of anilines is 1. The van der Waals surface area contributed by atoms with Gasteiger partial charge in [0.25, 0.3) is 0 Å². The highest BCUT2D eigenvalue weighted by molar-refractivity contribution is 5.58. The SMILES string of the molecule is Cc1cc(N2CCC(C=O)C2)ncc1C#N.